The Labute approximate surface area is 83.5 Å². The second kappa shape index (κ2) is 4.81. The Kier molecular flexibility index (Phi) is 3.71. The zero-order chi connectivity index (χ0) is 10.6. The van der Waals surface area contributed by atoms with Crippen molar-refractivity contribution < 1.29 is 9.90 Å². The van der Waals surface area contributed by atoms with Crippen LogP contribution >= 0.6 is 0 Å². The third-order valence-electron chi connectivity index (χ3n) is 2.30. The van der Waals surface area contributed by atoms with Gasteiger partial charge in [0.05, 0.1) is 6.42 Å². The van der Waals surface area contributed by atoms with Crippen LogP contribution in [0.1, 0.15) is 19.0 Å². The van der Waals surface area contributed by atoms with Crippen LogP contribution in [0.3, 0.4) is 0 Å². The quantitative estimate of drug-likeness (QED) is 0.746. The molecule has 0 saturated carbocycles. The van der Waals surface area contributed by atoms with Crippen LogP contribution < -0.4 is 0 Å². The van der Waals surface area contributed by atoms with E-state index in [2.05, 4.69) is 4.98 Å². The van der Waals surface area contributed by atoms with Gasteiger partial charge in [-0.3, -0.25) is 9.69 Å². The van der Waals surface area contributed by atoms with Crippen molar-refractivity contribution in [3.63, 3.8) is 0 Å². The first-order chi connectivity index (χ1) is 6.59. The van der Waals surface area contributed by atoms with Gasteiger partial charge in [0.25, 0.3) is 0 Å². The minimum Gasteiger partial charge on any atom is -0.481 e. The van der Waals surface area contributed by atoms with E-state index >= 15 is 0 Å². The number of carbonyl (C=O) groups is 1. The lowest BCUT2D eigenvalue weighted by Gasteiger charge is -2.22. The highest BCUT2D eigenvalue weighted by Crippen LogP contribution is 2.06. The molecular formula is C10H16N2O2. The summed E-state index contributed by atoms with van der Waals surface area (Å²) in [5.41, 5.74) is 1.10. The van der Waals surface area contributed by atoms with Gasteiger partial charge in [-0.1, -0.05) is 0 Å². The van der Waals surface area contributed by atoms with Crippen molar-refractivity contribution >= 4 is 5.97 Å². The summed E-state index contributed by atoms with van der Waals surface area (Å²) in [4.78, 5) is 15.6. The summed E-state index contributed by atoms with van der Waals surface area (Å²) < 4.78 is 0. The number of aromatic amines is 1. The van der Waals surface area contributed by atoms with E-state index < -0.39 is 5.97 Å². The zero-order valence-corrected chi connectivity index (χ0v) is 8.53. The molecule has 0 spiro atoms. The Bertz CT molecular complexity index is 282. The fraction of sp³-hybridized carbons (Fsp3) is 0.500. The van der Waals surface area contributed by atoms with Crippen LogP contribution in [0.25, 0.3) is 0 Å². The third-order valence-corrected chi connectivity index (χ3v) is 2.30. The number of hydrogen-bond donors (Lipinski definition) is 2. The van der Waals surface area contributed by atoms with Gasteiger partial charge in [-0.2, -0.15) is 0 Å². The molecule has 1 heterocycles. The molecule has 0 radical (unpaired) electrons. The lowest BCUT2D eigenvalue weighted by atomic mass is 10.2. The molecule has 0 fully saturated rings. The molecule has 0 bridgehead atoms. The molecule has 0 aliphatic carbocycles. The topological polar surface area (TPSA) is 56.3 Å². The maximum absolute atomic E-state index is 10.5. The molecule has 0 aliphatic rings. The van der Waals surface area contributed by atoms with Gasteiger partial charge in [-0.25, -0.2) is 0 Å². The van der Waals surface area contributed by atoms with Crippen LogP contribution in [0.15, 0.2) is 18.3 Å². The fourth-order valence-corrected chi connectivity index (χ4v) is 1.30. The number of nitrogens with zero attached hydrogens (tertiary/aromatic N) is 1. The number of nitrogens with one attached hydrogen (secondary N) is 1. The highest BCUT2D eigenvalue weighted by atomic mass is 16.4. The number of aliphatic carboxylic acids is 1. The standard InChI is InChI=1S/C10H16N2O2/c1-8(6-10(13)14)12(2)7-9-4-3-5-11-9/h3-5,8,11H,6-7H2,1-2H3,(H,13,14). The molecule has 14 heavy (non-hydrogen) atoms. The van der Waals surface area contributed by atoms with E-state index in [-0.39, 0.29) is 12.5 Å². The number of H-pyrrole nitrogens is 1. The minimum atomic E-state index is -0.754. The Morgan fingerprint density at radius 3 is 2.93 bits per heavy atom. The summed E-state index contributed by atoms with van der Waals surface area (Å²) in [6.45, 7) is 2.67. The molecule has 2 N–H and O–H groups in total. The highest BCUT2D eigenvalue weighted by Gasteiger charge is 2.13. The minimum absolute atomic E-state index is 0.0517. The van der Waals surface area contributed by atoms with E-state index in [4.69, 9.17) is 5.11 Å². The molecule has 0 saturated heterocycles. The molecule has 4 heteroatoms. The summed E-state index contributed by atoms with van der Waals surface area (Å²) in [6, 6.07) is 3.98. The lowest BCUT2D eigenvalue weighted by Crippen LogP contribution is -2.30. The first-order valence-electron chi connectivity index (χ1n) is 4.64. The van der Waals surface area contributed by atoms with Crippen molar-refractivity contribution in [2.45, 2.75) is 25.9 Å². The van der Waals surface area contributed by atoms with Crippen LogP contribution in [0.5, 0.6) is 0 Å². The van der Waals surface area contributed by atoms with Crippen LogP contribution in [0, 0.1) is 0 Å². The Hall–Kier alpha value is -1.29. The Balaban J connectivity index is 2.41. The molecule has 1 aromatic heterocycles. The average Bonchev–Trinajstić information content (AvgIpc) is 2.55. The van der Waals surface area contributed by atoms with E-state index in [0.717, 1.165) is 12.2 Å². The molecule has 1 rings (SSSR count). The number of carboxylic acid groups (broad SMARTS) is 1. The van der Waals surface area contributed by atoms with Crippen LogP contribution in [-0.2, 0) is 11.3 Å². The fourth-order valence-electron chi connectivity index (χ4n) is 1.30. The van der Waals surface area contributed by atoms with Crippen molar-refractivity contribution in [2.75, 3.05) is 7.05 Å². The molecule has 0 amide bonds. The molecule has 1 unspecified atom stereocenters. The predicted octanol–water partition coefficient (Wildman–Crippen LogP) is 1.31. The van der Waals surface area contributed by atoms with Gasteiger partial charge in [-0.15, -0.1) is 0 Å². The first-order valence-corrected chi connectivity index (χ1v) is 4.64. The monoisotopic (exact) mass is 196 g/mol. The maximum Gasteiger partial charge on any atom is 0.304 e. The second-order valence-corrected chi connectivity index (χ2v) is 3.56. The number of hydrogen-bond acceptors (Lipinski definition) is 2. The van der Waals surface area contributed by atoms with E-state index in [1.165, 1.54) is 0 Å². The van der Waals surface area contributed by atoms with Crippen molar-refractivity contribution in [1.82, 2.24) is 9.88 Å². The number of carboxylic acids is 1. The number of aromatic nitrogens is 1. The van der Waals surface area contributed by atoms with Gasteiger partial charge >= 0.3 is 5.97 Å². The Morgan fingerprint density at radius 1 is 1.71 bits per heavy atom. The third kappa shape index (κ3) is 3.22. The first kappa shape index (κ1) is 10.8. The smallest absolute Gasteiger partial charge is 0.304 e. The van der Waals surface area contributed by atoms with Crippen molar-refractivity contribution in [2.24, 2.45) is 0 Å². The molecule has 0 aromatic carbocycles. The zero-order valence-electron chi connectivity index (χ0n) is 8.53. The molecule has 1 atom stereocenters. The number of rotatable bonds is 5. The van der Waals surface area contributed by atoms with Gasteiger partial charge in [0.15, 0.2) is 0 Å². The molecular weight excluding hydrogens is 180 g/mol. The van der Waals surface area contributed by atoms with Gasteiger partial charge in [0.1, 0.15) is 0 Å². The van der Waals surface area contributed by atoms with E-state index in [1.54, 1.807) is 0 Å². The largest absolute Gasteiger partial charge is 0.481 e. The van der Waals surface area contributed by atoms with Gasteiger partial charge < -0.3 is 10.1 Å². The molecule has 78 valence electrons. The SMILES string of the molecule is CC(CC(=O)O)N(C)Cc1ccc[nH]1. The summed E-state index contributed by atoms with van der Waals surface area (Å²) >= 11 is 0. The molecule has 1 aromatic rings. The van der Waals surface area contributed by atoms with Crippen molar-refractivity contribution in [3.8, 4) is 0 Å². The van der Waals surface area contributed by atoms with Gasteiger partial charge in [-0.05, 0) is 26.1 Å². The summed E-state index contributed by atoms with van der Waals surface area (Å²) in [6.07, 6.45) is 2.04. The lowest BCUT2D eigenvalue weighted by molar-refractivity contribution is -0.138. The molecule has 4 nitrogen and oxygen atoms in total. The summed E-state index contributed by atoms with van der Waals surface area (Å²) in [7, 11) is 1.93. The summed E-state index contributed by atoms with van der Waals surface area (Å²) in [5, 5.41) is 8.62. The van der Waals surface area contributed by atoms with Crippen LogP contribution in [0.4, 0.5) is 0 Å². The van der Waals surface area contributed by atoms with Gasteiger partial charge in [0.2, 0.25) is 0 Å². The van der Waals surface area contributed by atoms with Gasteiger partial charge in [0, 0.05) is 24.5 Å². The second-order valence-electron chi connectivity index (χ2n) is 3.56. The predicted molar refractivity (Wildman–Crippen MR) is 54.0 cm³/mol. The van der Waals surface area contributed by atoms with Crippen molar-refractivity contribution in [3.05, 3.63) is 24.0 Å². The average molecular weight is 196 g/mol. The normalized spacial score (nSPS) is 13.1. The van der Waals surface area contributed by atoms with Crippen LogP contribution in [-0.4, -0.2) is 34.0 Å². The Morgan fingerprint density at radius 2 is 2.43 bits per heavy atom. The summed E-state index contributed by atoms with van der Waals surface area (Å²) in [5.74, 6) is -0.754. The van der Waals surface area contributed by atoms with Crippen LogP contribution in [0.2, 0.25) is 0 Å². The van der Waals surface area contributed by atoms with Crippen molar-refractivity contribution in [1.29, 1.82) is 0 Å². The van der Waals surface area contributed by atoms with E-state index in [9.17, 15) is 4.79 Å². The highest BCUT2D eigenvalue weighted by molar-refractivity contribution is 5.67. The molecule has 0 aliphatic heterocycles. The van der Waals surface area contributed by atoms with E-state index in [0.29, 0.717) is 0 Å². The van der Waals surface area contributed by atoms with E-state index in [1.807, 2.05) is 37.2 Å². The maximum atomic E-state index is 10.5.